The summed E-state index contributed by atoms with van der Waals surface area (Å²) in [5, 5.41) is 2.84. The number of ether oxygens (including phenoxy) is 2. The first-order chi connectivity index (χ1) is 30.1. The Morgan fingerprint density at radius 1 is 0.806 bits per heavy atom. The van der Waals surface area contributed by atoms with E-state index in [1.54, 1.807) is 17.3 Å². The molecule has 16 heteroatoms. The molecule has 0 bridgehead atoms. The van der Waals surface area contributed by atoms with Gasteiger partial charge in [0.1, 0.15) is 17.7 Å². The molecule has 16 nitrogen and oxygen atoms in total. The number of nitrogens with zero attached hydrogens (tertiary/aromatic N) is 6. The highest BCUT2D eigenvalue weighted by molar-refractivity contribution is 5.87. The van der Waals surface area contributed by atoms with Crippen molar-refractivity contribution in [2.45, 2.75) is 109 Å². The monoisotopic (exact) mass is 844 g/mol. The number of amides is 4. The van der Waals surface area contributed by atoms with Crippen molar-refractivity contribution in [3.63, 3.8) is 0 Å². The Morgan fingerprint density at radius 3 is 2.18 bits per heavy atom. The third kappa shape index (κ3) is 9.14. The molecule has 5 N–H and O–H groups in total. The van der Waals surface area contributed by atoms with Crippen LogP contribution >= 0.6 is 0 Å². The highest BCUT2D eigenvalue weighted by Crippen LogP contribution is 2.36. The van der Waals surface area contributed by atoms with Crippen LogP contribution in [0.15, 0.2) is 61.1 Å². The van der Waals surface area contributed by atoms with Crippen LogP contribution in [0.4, 0.5) is 9.59 Å². The van der Waals surface area contributed by atoms with Crippen molar-refractivity contribution >= 4 is 35.0 Å². The van der Waals surface area contributed by atoms with E-state index >= 15 is 0 Å². The Balaban J connectivity index is 0.931. The SMILES string of the molecule is CCC(C)[C@H](OC(N)=O)C(=O)N1CCC[C@H]1c1nc(-c2ccc(-c3cnc4cc(-c5cnc([C@@H]6CCCN6C(=O)[C@H](CC6CCCCC6)NC(=O)OC)[nH]5)ccc4n3)cc2)c[nH]1. The molecule has 1 unspecified atom stereocenters. The Morgan fingerprint density at radius 2 is 1.48 bits per heavy atom. The molecule has 5 atom stereocenters. The topological polar surface area (TPSA) is 214 Å². The van der Waals surface area contributed by atoms with Gasteiger partial charge >= 0.3 is 12.2 Å². The van der Waals surface area contributed by atoms with E-state index in [2.05, 4.69) is 15.3 Å². The average molecular weight is 845 g/mol. The van der Waals surface area contributed by atoms with Crippen LogP contribution in [-0.2, 0) is 19.1 Å². The number of primary amides is 1. The molecule has 4 amide bonds. The molecule has 3 fully saturated rings. The summed E-state index contributed by atoms with van der Waals surface area (Å²) in [6.45, 7) is 4.97. The van der Waals surface area contributed by atoms with Crippen LogP contribution in [0.25, 0.3) is 44.8 Å². The van der Waals surface area contributed by atoms with Crippen molar-refractivity contribution < 1.29 is 28.7 Å². The molecular formula is C46H56N10O6. The third-order valence-corrected chi connectivity index (χ3v) is 12.9. The van der Waals surface area contributed by atoms with Gasteiger partial charge in [-0.25, -0.2) is 24.5 Å². The molecule has 1 aliphatic carbocycles. The molecule has 0 spiro atoms. The van der Waals surface area contributed by atoms with Crippen LogP contribution in [0.1, 0.15) is 108 Å². The predicted octanol–water partition coefficient (Wildman–Crippen LogP) is 7.61. The van der Waals surface area contributed by atoms with E-state index in [1.165, 1.54) is 13.5 Å². The lowest BCUT2D eigenvalue weighted by atomic mass is 9.84. The first kappa shape index (κ1) is 42.4. The number of imidazole rings is 2. The molecule has 3 aliphatic rings. The molecular weight excluding hydrogens is 789 g/mol. The molecule has 3 aromatic heterocycles. The van der Waals surface area contributed by atoms with Crippen molar-refractivity contribution in [1.82, 2.24) is 45.0 Å². The van der Waals surface area contributed by atoms with Gasteiger partial charge in [0.25, 0.3) is 5.91 Å². The lowest BCUT2D eigenvalue weighted by Gasteiger charge is -2.31. The summed E-state index contributed by atoms with van der Waals surface area (Å²) in [7, 11) is 1.32. The van der Waals surface area contributed by atoms with Crippen LogP contribution in [-0.4, -0.2) is 96.0 Å². The van der Waals surface area contributed by atoms with Crippen LogP contribution in [0.3, 0.4) is 0 Å². The minimum absolute atomic E-state index is 0.0878. The second-order valence-electron chi connectivity index (χ2n) is 16.9. The number of rotatable bonds is 13. The van der Waals surface area contributed by atoms with E-state index in [4.69, 9.17) is 35.1 Å². The number of benzene rings is 2. The molecule has 8 rings (SSSR count). The van der Waals surface area contributed by atoms with Gasteiger partial charge in [-0.3, -0.25) is 14.6 Å². The smallest absolute Gasteiger partial charge is 0.407 e. The Hall–Kier alpha value is -6.32. The molecule has 5 heterocycles. The second-order valence-corrected chi connectivity index (χ2v) is 16.9. The van der Waals surface area contributed by atoms with Crippen molar-refractivity contribution in [3.05, 3.63) is 72.7 Å². The van der Waals surface area contributed by atoms with E-state index in [0.29, 0.717) is 37.7 Å². The van der Waals surface area contributed by atoms with Crippen molar-refractivity contribution in [2.75, 3.05) is 20.2 Å². The van der Waals surface area contributed by atoms with E-state index < -0.39 is 24.3 Å². The molecule has 62 heavy (non-hydrogen) atoms. The number of alkyl carbamates (subject to hydrolysis) is 1. The molecule has 1 saturated carbocycles. The maximum Gasteiger partial charge on any atom is 0.407 e. The second kappa shape index (κ2) is 18.7. The highest BCUT2D eigenvalue weighted by atomic mass is 16.6. The van der Waals surface area contributed by atoms with Crippen LogP contribution in [0.2, 0.25) is 0 Å². The fourth-order valence-corrected chi connectivity index (χ4v) is 9.36. The normalized spacial score (nSPS) is 19.6. The number of likely N-dealkylation sites (tertiary alicyclic amines) is 2. The standard InChI is InChI=1S/C46H56N10O6/c1-4-27(2)40(62-45(47)59)44(58)56-21-9-13-39(56)42-49-25-36(52-42)30-16-14-29(15-17-30)35-24-48-33-23-31(18-19-32(33)51-35)37-26-50-41(53-37)38-12-8-20-55(38)43(57)34(54-46(60)61-3)22-28-10-6-5-7-11-28/h14-19,23-28,34,38-40H,4-13,20-22H2,1-3H3,(H2,47,59)(H,49,52)(H,50,53)(H,54,60)/t27?,34-,38-,39-,40-/m0/s1. The van der Waals surface area contributed by atoms with E-state index in [-0.39, 0.29) is 29.8 Å². The number of aromatic nitrogens is 6. The van der Waals surface area contributed by atoms with E-state index in [0.717, 1.165) is 102 Å². The lowest BCUT2D eigenvalue weighted by molar-refractivity contribution is -0.144. The minimum atomic E-state index is -0.957. The van der Waals surface area contributed by atoms with Gasteiger partial charge in [-0.05, 0) is 56.6 Å². The number of fused-ring (bicyclic) bond motifs is 1. The van der Waals surface area contributed by atoms with Gasteiger partial charge in [0.05, 0.1) is 59.7 Å². The molecule has 326 valence electrons. The summed E-state index contributed by atoms with van der Waals surface area (Å²) < 4.78 is 10.2. The average Bonchev–Trinajstić information content (AvgIpc) is 4.15. The highest BCUT2D eigenvalue weighted by Gasteiger charge is 2.40. The van der Waals surface area contributed by atoms with Gasteiger partial charge in [-0.15, -0.1) is 0 Å². The van der Waals surface area contributed by atoms with Crippen molar-refractivity contribution in [2.24, 2.45) is 17.6 Å². The Labute approximate surface area is 360 Å². The number of hydrogen-bond acceptors (Lipinski definition) is 10. The van der Waals surface area contributed by atoms with Crippen molar-refractivity contribution in [1.29, 1.82) is 0 Å². The summed E-state index contributed by atoms with van der Waals surface area (Å²) in [6, 6.07) is 12.8. The van der Waals surface area contributed by atoms with Crippen LogP contribution in [0, 0.1) is 11.8 Å². The van der Waals surface area contributed by atoms with E-state index in [9.17, 15) is 19.2 Å². The summed E-state index contributed by atoms with van der Waals surface area (Å²) in [6.07, 6.45) is 13.1. The largest absolute Gasteiger partial charge is 0.453 e. The number of H-pyrrole nitrogens is 2. The van der Waals surface area contributed by atoms with Gasteiger partial charge in [-0.1, -0.05) is 76.3 Å². The zero-order chi connectivity index (χ0) is 43.3. The van der Waals surface area contributed by atoms with Crippen molar-refractivity contribution in [3.8, 4) is 33.8 Å². The minimum Gasteiger partial charge on any atom is -0.453 e. The van der Waals surface area contributed by atoms with Gasteiger partial charge in [0.2, 0.25) is 5.91 Å². The molecule has 2 saturated heterocycles. The number of nitrogens with one attached hydrogen (secondary N) is 3. The Kier molecular flexibility index (Phi) is 12.8. The van der Waals surface area contributed by atoms with E-state index in [1.807, 2.05) is 67.4 Å². The third-order valence-electron chi connectivity index (χ3n) is 12.9. The maximum atomic E-state index is 14.0. The summed E-state index contributed by atoms with van der Waals surface area (Å²) in [5.41, 5.74) is 11.8. The summed E-state index contributed by atoms with van der Waals surface area (Å²) in [4.78, 5) is 81.2. The number of carbonyl (C=O) groups excluding carboxylic acids is 4. The first-order valence-corrected chi connectivity index (χ1v) is 22.0. The number of aromatic amines is 2. The number of carbonyl (C=O) groups is 4. The van der Waals surface area contributed by atoms with Gasteiger partial charge in [0, 0.05) is 41.9 Å². The fourth-order valence-electron chi connectivity index (χ4n) is 9.36. The quantitative estimate of drug-likeness (QED) is 0.0910. The number of methoxy groups -OCH3 is 1. The number of hydrogen-bond donors (Lipinski definition) is 4. The van der Waals surface area contributed by atoms with Gasteiger partial charge in [-0.2, -0.15) is 0 Å². The molecule has 0 radical (unpaired) electrons. The zero-order valence-corrected chi connectivity index (χ0v) is 35.6. The zero-order valence-electron chi connectivity index (χ0n) is 35.6. The lowest BCUT2D eigenvalue weighted by Crippen LogP contribution is -2.49. The summed E-state index contributed by atoms with van der Waals surface area (Å²) >= 11 is 0. The molecule has 2 aliphatic heterocycles. The molecule has 2 aromatic carbocycles. The first-order valence-electron chi connectivity index (χ1n) is 22.0. The Bertz CT molecular complexity index is 2390. The molecule has 5 aromatic rings. The van der Waals surface area contributed by atoms with Gasteiger partial charge < -0.3 is 40.3 Å². The van der Waals surface area contributed by atoms with Crippen LogP contribution in [0.5, 0.6) is 0 Å². The maximum absolute atomic E-state index is 14.0. The predicted molar refractivity (Wildman–Crippen MR) is 232 cm³/mol. The summed E-state index contributed by atoms with van der Waals surface area (Å²) in [5.74, 6) is 1.29. The fraction of sp³-hybridized carbons (Fsp3) is 0.478. The van der Waals surface area contributed by atoms with Crippen LogP contribution < -0.4 is 11.1 Å². The van der Waals surface area contributed by atoms with Gasteiger partial charge in [0.15, 0.2) is 6.10 Å². The number of nitrogens with two attached hydrogens (primary N) is 1.